The third-order valence-corrected chi connectivity index (χ3v) is 6.48. The maximum absolute atomic E-state index is 13.8. The van der Waals surface area contributed by atoms with E-state index in [0.29, 0.717) is 36.0 Å². The molecule has 2 fully saturated rings. The van der Waals surface area contributed by atoms with Crippen LogP contribution < -0.4 is 5.32 Å². The van der Waals surface area contributed by atoms with Crippen LogP contribution in [0.1, 0.15) is 41.1 Å². The van der Waals surface area contributed by atoms with E-state index in [0.717, 1.165) is 12.0 Å². The monoisotopic (exact) mass is 434 g/mol. The Morgan fingerprint density at radius 2 is 1.76 bits per heavy atom. The van der Waals surface area contributed by atoms with Gasteiger partial charge in [0.1, 0.15) is 5.82 Å². The first-order valence-electron chi connectivity index (χ1n) is 9.73. The second-order valence-electron chi connectivity index (χ2n) is 7.68. The standard InChI is InChI=1S/C22H21Cl2FN2O2/c23-18-6-5-13(11-19(18)24)16-12-17(16)22(29)27-9-7-14(8-10-27)26-21(28)15-3-1-2-4-20(15)25/h1-6,11,14,16-17H,7-10,12H2,(H,26,28). The van der Waals surface area contributed by atoms with Crippen molar-refractivity contribution in [1.29, 1.82) is 0 Å². The first kappa shape index (κ1) is 20.2. The number of carbonyl (C=O) groups is 2. The molecule has 0 aromatic heterocycles. The smallest absolute Gasteiger partial charge is 0.254 e. The Hall–Kier alpha value is -2.11. The van der Waals surface area contributed by atoms with Crippen molar-refractivity contribution >= 4 is 35.0 Å². The number of hydrogen-bond donors (Lipinski definition) is 1. The molecule has 1 aliphatic heterocycles. The van der Waals surface area contributed by atoms with E-state index in [1.54, 1.807) is 18.2 Å². The van der Waals surface area contributed by atoms with E-state index in [1.807, 2.05) is 17.0 Å². The summed E-state index contributed by atoms with van der Waals surface area (Å²) in [5.74, 6) is -0.609. The van der Waals surface area contributed by atoms with Crippen LogP contribution in [0.25, 0.3) is 0 Å². The van der Waals surface area contributed by atoms with Gasteiger partial charge in [-0.05, 0) is 55.0 Å². The molecule has 2 unspecified atom stereocenters. The van der Waals surface area contributed by atoms with Gasteiger partial charge in [0.15, 0.2) is 0 Å². The Bertz CT molecular complexity index is 944. The normalized spacial score (nSPS) is 21.7. The average Bonchev–Trinajstić information content (AvgIpc) is 3.51. The lowest BCUT2D eigenvalue weighted by molar-refractivity contribution is -0.133. The molecule has 1 N–H and O–H groups in total. The number of carbonyl (C=O) groups excluding carboxylic acids is 2. The molecule has 2 aromatic rings. The third-order valence-electron chi connectivity index (χ3n) is 5.74. The number of benzene rings is 2. The molecule has 0 spiro atoms. The molecule has 1 aliphatic carbocycles. The lowest BCUT2D eigenvalue weighted by Gasteiger charge is -2.32. The maximum Gasteiger partial charge on any atom is 0.254 e. The van der Waals surface area contributed by atoms with Crippen molar-refractivity contribution in [1.82, 2.24) is 10.2 Å². The highest BCUT2D eigenvalue weighted by Gasteiger charge is 2.46. The van der Waals surface area contributed by atoms with Crippen molar-refractivity contribution < 1.29 is 14.0 Å². The molecule has 0 bridgehead atoms. The molecule has 0 radical (unpaired) electrons. The van der Waals surface area contributed by atoms with E-state index in [4.69, 9.17) is 23.2 Å². The summed E-state index contributed by atoms with van der Waals surface area (Å²) in [7, 11) is 0. The lowest BCUT2D eigenvalue weighted by Crippen LogP contribution is -2.47. The van der Waals surface area contributed by atoms with E-state index in [-0.39, 0.29) is 29.3 Å². The molecule has 29 heavy (non-hydrogen) atoms. The molecule has 1 heterocycles. The van der Waals surface area contributed by atoms with Crippen LogP contribution in [0.15, 0.2) is 42.5 Å². The van der Waals surface area contributed by atoms with E-state index in [2.05, 4.69) is 5.32 Å². The maximum atomic E-state index is 13.8. The summed E-state index contributed by atoms with van der Waals surface area (Å²) in [5.41, 5.74) is 1.10. The Balaban J connectivity index is 1.29. The molecule has 4 rings (SSSR count). The van der Waals surface area contributed by atoms with Gasteiger partial charge in [0.25, 0.3) is 5.91 Å². The summed E-state index contributed by atoms with van der Waals surface area (Å²) >= 11 is 12.1. The van der Waals surface area contributed by atoms with Crippen LogP contribution in [0.3, 0.4) is 0 Å². The highest BCUT2D eigenvalue weighted by molar-refractivity contribution is 6.42. The van der Waals surface area contributed by atoms with Gasteiger partial charge in [-0.1, -0.05) is 41.4 Å². The van der Waals surface area contributed by atoms with Crippen molar-refractivity contribution in [2.24, 2.45) is 5.92 Å². The number of halogens is 3. The van der Waals surface area contributed by atoms with Gasteiger partial charge in [-0.25, -0.2) is 4.39 Å². The Kier molecular flexibility index (Phi) is 5.79. The zero-order valence-corrected chi connectivity index (χ0v) is 17.2. The number of hydrogen-bond acceptors (Lipinski definition) is 2. The summed E-state index contributed by atoms with van der Waals surface area (Å²) in [6.45, 7) is 1.18. The summed E-state index contributed by atoms with van der Waals surface area (Å²) in [4.78, 5) is 27.0. The molecule has 2 aliphatic rings. The largest absolute Gasteiger partial charge is 0.349 e. The number of amides is 2. The molecule has 2 aromatic carbocycles. The second-order valence-corrected chi connectivity index (χ2v) is 8.49. The number of piperidine rings is 1. The minimum atomic E-state index is -0.528. The number of nitrogens with zero attached hydrogens (tertiary/aromatic N) is 1. The molecule has 2 atom stereocenters. The van der Waals surface area contributed by atoms with Gasteiger partial charge in [-0.15, -0.1) is 0 Å². The van der Waals surface area contributed by atoms with Crippen LogP contribution >= 0.6 is 23.2 Å². The Morgan fingerprint density at radius 1 is 1.03 bits per heavy atom. The van der Waals surface area contributed by atoms with Gasteiger partial charge in [0.2, 0.25) is 5.91 Å². The van der Waals surface area contributed by atoms with Crippen molar-refractivity contribution in [2.75, 3.05) is 13.1 Å². The van der Waals surface area contributed by atoms with Crippen molar-refractivity contribution in [3.63, 3.8) is 0 Å². The van der Waals surface area contributed by atoms with Crippen LogP contribution in [-0.4, -0.2) is 35.8 Å². The van der Waals surface area contributed by atoms with E-state index < -0.39 is 11.7 Å². The Morgan fingerprint density at radius 3 is 2.45 bits per heavy atom. The molecule has 7 heteroatoms. The average molecular weight is 435 g/mol. The first-order chi connectivity index (χ1) is 13.9. The lowest BCUT2D eigenvalue weighted by atomic mass is 10.0. The van der Waals surface area contributed by atoms with Gasteiger partial charge in [0, 0.05) is 25.0 Å². The van der Waals surface area contributed by atoms with E-state index in [1.165, 1.54) is 12.1 Å². The molecular formula is C22H21Cl2FN2O2. The fourth-order valence-electron chi connectivity index (χ4n) is 3.97. The van der Waals surface area contributed by atoms with Crippen LogP contribution in [-0.2, 0) is 4.79 Å². The minimum Gasteiger partial charge on any atom is -0.349 e. The summed E-state index contributed by atoms with van der Waals surface area (Å²) in [6, 6.07) is 11.4. The van der Waals surface area contributed by atoms with Crippen LogP contribution in [0.2, 0.25) is 10.0 Å². The molecule has 1 saturated carbocycles. The predicted octanol–water partition coefficient (Wildman–Crippen LogP) is 4.66. The van der Waals surface area contributed by atoms with Crippen LogP contribution in [0, 0.1) is 11.7 Å². The van der Waals surface area contributed by atoms with Crippen molar-refractivity contribution in [3.8, 4) is 0 Å². The highest BCUT2D eigenvalue weighted by atomic mass is 35.5. The number of rotatable bonds is 4. The minimum absolute atomic E-state index is 0.0169. The molecule has 4 nitrogen and oxygen atoms in total. The topological polar surface area (TPSA) is 49.4 Å². The van der Waals surface area contributed by atoms with E-state index >= 15 is 0 Å². The number of likely N-dealkylation sites (tertiary alicyclic amines) is 1. The van der Waals surface area contributed by atoms with Gasteiger partial charge in [-0.3, -0.25) is 9.59 Å². The van der Waals surface area contributed by atoms with Gasteiger partial charge in [-0.2, -0.15) is 0 Å². The zero-order chi connectivity index (χ0) is 20.5. The third kappa shape index (κ3) is 4.41. The second kappa shape index (κ2) is 8.33. The van der Waals surface area contributed by atoms with Crippen molar-refractivity contribution in [3.05, 3.63) is 69.5 Å². The molecule has 2 amide bonds. The SMILES string of the molecule is O=C(NC1CCN(C(=O)C2CC2c2ccc(Cl)c(Cl)c2)CC1)c1ccccc1F. The molecule has 1 saturated heterocycles. The summed E-state index contributed by atoms with van der Waals surface area (Å²) in [6.07, 6.45) is 2.15. The van der Waals surface area contributed by atoms with Gasteiger partial charge >= 0.3 is 0 Å². The summed E-state index contributed by atoms with van der Waals surface area (Å²) < 4.78 is 13.8. The van der Waals surface area contributed by atoms with Crippen molar-refractivity contribution in [2.45, 2.75) is 31.2 Å². The zero-order valence-electron chi connectivity index (χ0n) is 15.7. The van der Waals surface area contributed by atoms with E-state index in [9.17, 15) is 14.0 Å². The molecular weight excluding hydrogens is 414 g/mol. The first-order valence-corrected chi connectivity index (χ1v) is 10.5. The Labute approximate surface area is 179 Å². The van der Waals surface area contributed by atoms with Gasteiger partial charge < -0.3 is 10.2 Å². The van der Waals surface area contributed by atoms with Gasteiger partial charge in [0.05, 0.1) is 15.6 Å². The van der Waals surface area contributed by atoms with Crippen LogP contribution in [0.4, 0.5) is 4.39 Å². The highest BCUT2D eigenvalue weighted by Crippen LogP contribution is 2.49. The number of nitrogens with one attached hydrogen (secondary N) is 1. The summed E-state index contributed by atoms with van der Waals surface area (Å²) in [5, 5.41) is 3.90. The quantitative estimate of drug-likeness (QED) is 0.760. The fraction of sp³-hybridized carbons (Fsp3) is 0.364. The predicted molar refractivity (Wildman–Crippen MR) is 111 cm³/mol. The van der Waals surface area contributed by atoms with Crippen LogP contribution in [0.5, 0.6) is 0 Å². The fourth-order valence-corrected chi connectivity index (χ4v) is 4.27. The molecule has 152 valence electrons.